The highest BCUT2D eigenvalue weighted by atomic mass is 35.5. The first-order valence-corrected chi connectivity index (χ1v) is 3.99. The Hall–Kier alpha value is -0.480. The van der Waals surface area contributed by atoms with Gasteiger partial charge in [-0.2, -0.15) is 0 Å². The molecule has 0 radical (unpaired) electrons. The molecule has 11 heavy (non-hydrogen) atoms. The molecular formula is C6H13ClN2O2. The van der Waals surface area contributed by atoms with Gasteiger partial charge < -0.3 is 15.7 Å². The van der Waals surface area contributed by atoms with Gasteiger partial charge in [-0.05, 0) is 6.42 Å². The largest absolute Gasteiger partial charge is 0.465 e. The third-order valence-corrected chi connectivity index (χ3v) is 1.50. The predicted molar refractivity (Wildman–Crippen MR) is 44.0 cm³/mol. The summed E-state index contributed by atoms with van der Waals surface area (Å²) < 4.78 is 0. The Kier molecular flexibility index (Phi) is 5.97. The van der Waals surface area contributed by atoms with Gasteiger partial charge in [0.1, 0.15) is 0 Å². The second-order valence-corrected chi connectivity index (χ2v) is 2.48. The Balaban J connectivity index is 3.60. The molecule has 0 saturated carbocycles. The number of carboxylic acid groups (broad SMARTS) is 1. The van der Waals surface area contributed by atoms with E-state index in [9.17, 15) is 4.79 Å². The van der Waals surface area contributed by atoms with Crippen LogP contribution in [0.5, 0.6) is 0 Å². The fourth-order valence-corrected chi connectivity index (χ4v) is 0.829. The van der Waals surface area contributed by atoms with Gasteiger partial charge in [-0.3, -0.25) is 0 Å². The highest BCUT2D eigenvalue weighted by molar-refractivity contribution is 6.17. The van der Waals surface area contributed by atoms with Crippen LogP contribution in [0.1, 0.15) is 6.42 Å². The van der Waals surface area contributed by atoms with Crippen LogP contribution in [-0.2, 0) is 0 Å². The summed E-state index contributed by atoms with van der Waals surface area (Å²) in [6.45, 7) is 1.21. The Bertz CT molecular complexity index is 121. The molecule has 3 N–H and O–H groups in total. The molecule has 0 spiro atoms. The molecule has 0 saturated heterocycles. The molecule has 0 aliphatic carbocycles. The number of halogens is 1. The zero-order valence-electron chi connectivity index (χ0n) is 6.29. The Labute approximate surface area is 70.9 Å². The first kappa shape index (κ1) is 10.5. The van der Waals surface area contributed by atoms with Crippen molar-refractivity contribution in [3.05, 3.63) is 0 Å². The number of carbonyl (C=O) groups is 1. The molecular weight excluding hydrogens is 168 g/mol. The fraction of sp³-hybridized carbons (Fsp3) is 0.833. The topological polar surface area (TPSA) is 66.6 Å². The molecule has 0 unspecified atom stereocenters. The van der Waals surface area contributed by atoms with Gasteiger partial charge in [0.05, 0.1) is 0 Å². The summed E-state index contributed by atoms with van der Waals surface area (Å²) in [5, 5.41) is 8.56. The minimum absolute atomic E-state index is 0.356. The molecule has 0 heterocycles. The summed E-state index contributed by atoms with van der Waals surface area (Å²) in [6.07, 6.45) is -0.256. The van der Waals surface area contributed by atoms with Crippen LogP contribution in [0.15, 0.2) is 0 Å². The maximum absolute atomic E-state index is 10.4. The maximum atomic E-state index is 10.4. The lowest BCUT2D eigenvalue weighted by Gasteiger charge is -2.16. The van der Waals surface area contributed by atoms with Crippen LogP contribution in [-0.4, -0.2) is 41.6 Å². The van der Waals surface area contributed by atoms with E-state index in [1.165, 1.54) is 4.90 Å². The molecule has 1 amide bonds. The van der Waals surface area contributed by atoms with Gasteiger partial charge in [0.15, 0.2) is 0 Å². The Morgan fingerprint density at radius 3 is 2.55 bits per heavy atom. The quantitative estimate of drug-likeness (QED) is 0.608. The van der Waals surface area contributed by atoms with Crippen molar-refractivity contribution >= 4 is 17.7 Å². The Morgan fingerprint density at radius 1 is 1.55 bits per heavy atom. The highest BCUT2D eigenvalue weighted by Gasteiger charge is 2.08. The summed E-state index contributed by atoms with van der Waals surface area (Å²) in [5.41, 5.74) is 5.20. The van der Waals surface area contributed by atoms with E-state index >= 15 is 0 Å². The van der Waals surface area contributed by atoms with Gasteiger partial charge in [0.25, 0.3) is 0 Å². The van der Waals surface area contributed by atoms with E-state index < -0.39 is 6.09 Å². The summed E-state index contributed by atoms with van der Waals surface area (Å²) in [6, 6.07) is 0. The van der Waals surface area contributed by atoms with Crippen molar-refractivity contribution in [3.63, 3.8) is 0 Å². The van der Waals surface area contributed by atoms with Crippen molar-refractivity contribution in [3.8, 4) is 0 Å². The van der Waals surface area contributed by atoms with Gasteiger partial charge in [-0.1, -0.05) is 0 Å². The number of alkyl halides is 1. The van der Waals surface area contributed by atoms with E-state index in [2.05, 4.69) is 0 Å². The SMILES string of the molecule is NCCN(CCCCl)C(=O)O. The predicted octanol–water partition coefficient (Wildman–Crippen LogP) is 0.554. The van der Waals surface area contributed by atoms with Gasteiger partial charge >= 0.3 is 6.09 Å². The minimum Gasteiger partial charge on any atom is -0.465 e. The van der Waals surface area contributed by atoms with Crippen LogP contribution in [0, 0.1) is 0 Å². The Morgan fingerprint density at radius 2 is 2.18 bits per heavy atom. The molecule has 0 aromatic heterocycles. The lowest BCUT2D eigenvalue weighted by Crippen LogP contribution is -2.35. The van der Waals surface area contributed by atoms with Crippen molar-refractivity contribution in [2.75, 3.05) is 25.5 Å². The monoisotopic (exact) mass is 180 g/mol. The molecule has 0 atom stereocenters. The number of amides is 1. The van der Waals surface area contributed by atoms with Crippen LogP contribution >= 0.6 is 11.6 Å². The van der Waals surface area contributed by atoms with E-state index in [0.29, 0.717) is 31.9 Å². The zero-order valence-corrected chi connectivity index (χ0v) is 7.05. The molecule has 0 aliphatic rings. The second-order valence-electron chi connectivity index (χ2n) is 2.10. The van der Waals surface area contributed by atoms with Crippen LogP contribution in [0.4, 0.5) is 4.79 Å². The molecule has 0 rings (SSSR count). The maximum Gasteiger partial charge on any atom is 0.407 e. The lowest BCUT2D eigenvalue weighted by molar-refractivity contribution is 0.146. The van der Waals surface area contributed by atoms with Crippen molar-refractivity contribution in [2.24, 2.45) is 5.73 Å². The number of nitrogens with two attached hydrogens (primary N) is 1. The first-order valence-electron chi connectivity index (χ1n) is 3.46. The average Bonchev–Trinajstić information content (AvgIpc) is 1.97. The number of rotatable bonds is 5. The minimum atomic E-state index is -0.930. The molecule has 0 aromatic rings. The summed E-state index contributed by atoms with van der Waals surface area (Å²) in [7, 11) is 0. The smallest absolute Gasteiger partial charge is 0.407 e. The molecule has 0 bridgehead atoms. The van der Waals surface area contributed by atoms with Gasteiger partial charge in [0, 0.05) is 25.5 Å². The lowest BCUT2D eigenvalue weighted by atomic mass is 10.4. The number of hydrogen-bond acceptors (Lipinski definition) is 2. The standard InChI is InChI=1S/C6H13ClN2O2/c7-2-1-4-9(5-3-8)6(10)11/h1-5,8H2,(H,10,11). The highest BCUT2D eigenvalue weighted by Crippen LogP contribution is 1.93. The van der Waals surface area contributed by atoms with E-state index in [-0.39, 0.29) is 0 Å². The van der Waals surface area contributed by atoms with Gasteiger partial charge in [-0.25, -0.2) is 4.79 Å². The van der Waals surface area contributed by atoms with Crippen LogP contribution in [0.2, 0.25) is 0 Å². The first-order chi connectivity index (χ1) is 5.22. The van der Waals surface area contributed by atoms with Gasteiger partial charge in [-0.15, -0.1) is 11.6 Å². The summed E-state index contributed by atoms with van der Waals surface area (Å²) in [4.78, 5) is 11.7. The molecule has 0 aliphatic heterocycles. The molecule has 5 heteroatoms. The van der Waals surface area contributed by atoms with E-state index in [1.807, 2.05) is 0 Å². The van der Waals surface area contributed by atoms with Crippen molar-refractivity contribution in [1.29, 1.82) is 0 Å². The van der Waals surface area contributed by atoms with Crippen molar-refractivity contribution in [1.82, 2.24) is 4.90 Å². The van der Waals surface area contributed by atoms with Gasteiger partial charge in [0.2, 0.25) is 0 Å². The zero-order chi connectivity index (χ0) is 8.69. The average molecular weight is 181 g/mol. The fourth-order valence-electron chi connectivity index (χ4n) is 0.710. The molecule has 4 nitrogen and oxygen atoms in total. The normalized spacial score (nSPS) is 9.64. The summed E-state index contributed by atoms with van der Waals surface area (Å²) >= 11 is 5.40. The number of nitrogens with zero attached hydrogens (tertiary/aromatic N) is 1. The third kappa shape index (κ3) is 4.86. The third-order valence-electron chi connectivity index (χ3n) is 1.23. The molecule has 0 fully saturated rings. The van der Waals surface area contributed by atoms with E-state index in [1.54, 1.807) is 0 Å². The van der Waals surface area contributed by atoms with Crippen molar-refractivity contribution < 1.29 is 9.90 Å². The number of hydrogen-bond donors (Lipinski definition) is 2. The molecule has 0 aromatic carbocycles. The second kappa shape index (κ2) is 6.24. The summed E-state index contributed by atoms with van der Waals surface area (Å²) in [5.74, 6) is 0.481. The van der Waals surface area contributed by atoms with Crippen LogP contribution in [0.25, 0.3) is 0 Å². The van der Waals surface area contributed by atoms with Crippen LogP contribution < -0.4 is 5.73 Å². The van der Waals surface area contributed by atoms with E-state index in [4.69, 9.17) is 22.4 Å². The molecule has 66 valence electrons. The van der Waals surface area contributed by atoms with E-state index in [0.717, 1.165) is 0 Å². The van der Waals surface area contributed by atoms with Crippen molar-refractivity contribution in [2.45, 2.75) is 6.42 Å². The van der Waals surface area contributed by atoms with Crippen LogP contribution in [0.3, 0.4) is 0 Å².